The second-order valence-electron chi connectivity index (χ2n) is 3.42. The summed E-state index contributed by atoms with van der Waals surface area (Å²) in [7, 11) is 8.35. The van der Waals surface area contributed by atoms with Gasteiger partial charge in [-0.3, -0.25) is 0 Å². The summed E-state index contributed by atoms with van der Waals surface area (Å²) in [5.74, 6) is 0. The van der Waals surface area contributed by atoms with Gasteiger partial charge in [0.2, 0.25) is 0 Å². The molecule has 0 saturated carbocycles. The molecule has 0 amide bonds. The number of likely N-dealkylation sites (N-methyl/N-ethyl adjacent to an activating group) is 2. The van der Waals surface area contributed by atoms with Crippen molar-refractivity contribution in [1.29, 1.82) is 0 Å². The van der Waals surface area contributed by atoms with Crippen molar-refractivity contribution < 1.29 is 18.9 Å². The molecule has 0 radical (unpaired) electrons. The first-order valence-corrected chi connectivity index (χ1v) is 4.61. The van der Waals surface area contributed by atoms with Crippen LogP contribution in [0.25, 0.3) is 0 Å². The molecule has 0 unspecified atom stereocenters. The number of unbranched alkanes of at least 4 members (excludes halogenated alkanes) is 1. The van der Waals surface area contributed by atoms with E-state index in [1.807, 2.05) is 0 Å². The van der Waals surface area contributed by atoms with Crippen molar-refractivity contribution in [2.75, 3.05) is 41.3 Å². The maximum atomic E-state index is 2.18. The number of hydrogen-bond acceptors (Lipinski definition) is 2. The zero-order valence-electron chi connectivity index (χ0n) is 10.6. The molecule has 13 heavy (non-hydrogen) atoms. The molecule has 0 spiro atoms. The maximum absolute atomic E-state index is 2.18. The maximum Gasteiger partial charge on any atom is 1.00 e. The zero-order chi connectivity index (χ0) is 9.98. The van der Waals surface area contributed by atoms with E-state index < -0.39 is 0 Å². The topological polar surface area (TPSA) is 6.48 Å². The molecule has 0 aromatic carbocycles. The molecule has 0 aromatic rings. The minimum atomic E-state index is 0. The van der Waals surface area contributed by atoms with Gasteiger partial charge in [0, 0.05) is 13.1 Å². The average Bonchev–Trinajstić information content (AvgIpc) is 2.01. The Bertz CT molecular complexity index is 65.3. The Morgan fingerprint density at radius 2 is 1.15 bits per heavy atom. The monoisotopic (exact) mass is 180 g/mol. The van der Waals surface area contributed by atoms with E-state index in [2.05, 4.69) is 58.3 Å². The fraction of sp³-hybridized carbons (Fsp3) is 0.900. The predicted molar refractivity (Wildman–Crippen MR) is 57.4 cm³/mol. The smallest absolute Gasteiger partial charge is 0.332 e. The summed E-state index contributed by atoms with van der Waals surface area (Å²) in [4.78, 5) is 4.36. The molecule has 3 heteroatoms. The molecule has 0 aliphatic carbocycles. The van der Waals surface area contributed by atoms with Crippen LogP contribution >= 0.6 is 0 Å². The molecular formula is C10H25LiN2. The predicted octanol–water partition coefficient (Wildman–Crippen LogP) is -1.27. The van der Waals surface area contributed by atoms with E-state index in [1.54, 1.807) is 0 Å². The molecule has 0 aliphatic rings. The summed E-state index contributed by atoms with van der Waals surface area (Å²) >= 11 is 0. The molecule has 0 aromatic heterocycles. The Kier molecular flexibility index (Phi) is 22.1. The zero-order valence-corrected chi connectivity index (χ0v) is 10.6. The van der Waals surface area contributed by atoms with Gasteiger partial charge in [0.05, 0.1) is 0 Å². The van der Waals surface area contributed by atoms with E-state index >= 15 is 0 Å². The first-order valence-electron chi connectivity index (χ1n) is 4.61. The van der Waals surface area contributed by atoms with Crippen LogP contribution in [0.3, 0.4) is 0 Å². The summed E-state index contributed by atoms with van der Waals surface area (Å²) in [5.41, 5.74) is 0. The molecule has 0 heterocycles. The average molecular weight is 180 g/mol. The van der Waals surface area contributed by atoms with Gasteiger partial charge in [-0.1, -0.05) is 6.92 Å². The number of nitrogens with zero attached hydrogens (tertiary/aromatic N) is 2. The summed E-state index contributed by atoms with van der Waals surface area (Å²) in [6.07, 6.45) is 3.32. The normalized spacial score (nSPS) is 9.23. The van der Waals surface area contributed by atoms with Crippen molar-refractivity contribution in [2.24, 2.45) is 0 Å². The standard InChI is InChI=1S/C6H16N2.C4H9.Li/c1-7(2)5-6-8(3)4;1-3-4-2;/h5-6H2,1-4H3;3H,4H2,1-2H3;/q;-1;+1. The van der Waals surface area contributed by atoms with Crippen LogP contribution in [0, 0.1) is 6.42 Å². The summed E-state index contributed by atoms with van der Waals surface area (Å²) in [5, 5.41) is 0. The van der Waals surface area contributed by atoms with Crippen LogP contribution in [0.5, 0.6) is 0 Å². The van der Waals surface area contributed by atoms with Crippen molar-refractivity contribution in [3.8, 4) is 0 Å². The van der Waals surface area contributed by atoms with Crippen molar-refractivity contribution in [3.63, 3.8) is 0 Å². The van der Waals surface area contributed by atoms with Gasteiger partial charge in [-0.2, -0.15) is 13.3 Å². The van der Waals surface area contributed by atoms with Gasteiger partial charge >= 0.3 is 18.9 Å². The molecule has 0 atom stereocenters. The molecule has 0 bridgehead atoms. The Morgan fingerprint density at radius 3 is 1.23 bits per heavy atom. The summed E-state index contributed by atoms with van der Waals surface area (Å²) < 4.78 is 0. The van der Waals surface area contributed by atoms with Crippen LogP contribution in [0.2, 0.25) is 0 Å². The van der Waals surface area contributed by atoms with E-state index in [1.165, 1.54) is 6.42 Å². The van der Waals surface area contributed by atoms with Crippen molar-refractivity contribution in [2.45, 2.75) is 20.3 Å². The van der Waals surface area contributed by atoms with Gasteiger partial charge in [-0.05, 0) is 28.2 Å². The van der Waals surface area contributed by atoms with Crippen molar-refractivity contribution in [3.05, 3.63) is 6.42 Å². The Hall–Kier alpha value is 0.517. The third-order valence-corrected chi connectivity index (χ3v) is 1.40. The van der Waals surface area contributed by atoms with Gasteiger partial charge in [0.1, 0.15) is 0 Å². The van der Waals surface area contributed by atoms with E-state index in [0.717, 1.165) is 13.1 Å². The first-order chi connectivity index (χ1) is 5.54. The quantitative estimate of drug-likeness (QED) is 0.393. The van der Waals surface area contributed by atoms with E-state index in [9.17, 15) is 0 Å². The van der Waals surface area contributed by atoms with Crippen LogP contribution in [0.15, 0.2) is 0 Å². The van der Waals surface area contributed by atoms with Gasteiger partial charge in [0.15, 0.2) is 0 Å². The fourth-order valence-electron chi connectivity index (χ4n) is 0.400. The van der Waals surface area contributed by atoms with Crippen LogP contribution < -0.4 is 18.9 Å². The number of hydrogen-bond donors (Lipinski definition) is 0. The van der Waals surface area contributed by atoms with Crippen molar-refractivity contribution in [1.82, 2.24) is 9.80 Å². The third-order valence-electron chi connectivity index (χ3n) is 1.40. The van der Waals surface area contributed by atoms with E-state index in [0.29, 0.717) is 0 Å². The molecule has 0 N–H and O–H groups in total. The molecule has 76 valence electrons. The van der Waals surface area contributed by atoms with E-state index in [4.69, 9.17) is 0 Å². The minimum absolute atomic E-state index is 0. The van der Waals surface area contributed by atoms with Gasteiger partial charge in [-0.15, -0.1) is 0 Å². The minimum Gasteiger partial charge on any atom is -0.332 e. The molecule has 0 fully saturated rings. The second kappa shape index (κ2) is 15.0. The van der Waals surface area contributed by atoms with Crippen LogP contribution in [0.1, 0.15) is 20.3 Å². The van der Waals surface area contributed by atoms with Crippen LogP contribution in [0.4, 0.5) is 0 Å². The van der Waals surface area contributed by atoms with Gasteiger partial charge in [-0.25, -0.2) is 0 Å². The molecule has 2 nitrogen and oxygen atoms in total. The van der Waals surface area contributed by atoms with Gasteiger partial charge < -0.3 is 16.2 Å². The Morgan fingerprint density at radius 1 is 0.923 bits per heavy atom. The fourth-order valence-corrected chi connectivity index (χ4v) is 0.400. The first kappa shape index (κ1) is 19.1. The third kappa shape index (κ3) is 32.6. The molecular weight excluding hydrogens is 155 g/mol. The molecule has 0 saturated heterocycles. The second-order valence-corrected chi connectivity index (χ2v) is 3.42. The number of rotatable bonds is 4. The van der Waals surface area contributed by atoms with Gasteiger partial charge in [0.25, 0.3) is 0 Å². The SMILES string of the molecule is CN(C)CCN(C)C.C[CH-]CC.[Li+]. The largest absolute Gasteiger partial charge is 1.00 e. The molecule has 0 aliphatic heterocycles. The molecule has 0 rings (SSSR count). The van der Waals surface area contributed by atoms with Crippen LogP contribution in [-0.4, -0.2) is 51.1 Å². The van der Waals surface area contributed by atoms with Crippen molar-refractivity contribution >= 4 is 0 Å². The summed E-state index contributed by atoms with van der Waals surface area (Å²) in [6, 6.07) is 0. The van der Waals surface area contributed by atoms with E-state index in [-0.39, 0.29) is 18.9 Å². The van der Waals surface area contributed by atoms with Crippen LogP contribution in [-0.2, 0) is 0 Å². The Balaban J connectivity index is -0.000000173. The Labute approximate surface area is 96.8 Å². The summed E-state index contributed by atoms with van der Waals surface area (Å²) in [6.45, 7) is 6.47.